The van der Waals surface area contributed by atoms with Gasteiger partial charge in [-0.25, -0.2) is 0 Å². The quantitative estimate of drug-likeness (QED) is 0.0837. The van der Waals surface area contributed by atoms with Crippen LogP contribution < -0.4 is 5.32 Å². The molecule has 0 aromatic carbocycles. The molecule has 232 valence electrons. The van der Waals surface area contributed by atoms with Crippen molar-refractivity contribution in [2.45, 2.75) is 100 Å². The highest BCUT2D eigenvalue weighted by atomic mass is 16.7. The topological polar surface area (TPSA) is 228 Å². The minimum atomic E-state index is -1.57. The van der Waals surface area contributed by atoms with E-state index >= 15 is 0 Å². The van der Waals surface area contributed by atoms with Gasteiger partial charge in [-0.1, -0.05) is 6.58 Å². The van der Waals surface area contributed by atoms with Crippen LogP contribution in [0.3, 0.4) is 0 Å². The summed E-state index contributed by atoms with van der Waals surface area (Å²) in [4.78, 5) is 26.0. The molecule has 0 aliphatic carbocycles. The van der Waals surface area contributed by atoms with Gasteiger partial charge >= 0.3 is 0 Å². The second kappa shape index (κ2) is 17.3. The lowest BCUT2D eigenvalue weighted by Crippen LogP contribution is -2.59. The van der Waals surface area contributed by atoms with E-state index in [1.54, 1.807) is 0 Å². The van der Waals surface area contributed by atoms with Gasteiger partial charge in [-0.05, 0) is 32.4 Å². The zero-order valence-electron chi connectivity index (χ0n) is 22.7. The van der Waals surface area contributed by atoms with Crippen molar-refractivity contribution >= 4 is 11.8 Å². The summed E-state index contributed by atoms with van der Waals surface area (Å²) in [6.45, 7) is 4.59. The summed E-state index contributed by atoms with van der Waals surface area (Å²) >= 11 is 0. The number of ether oxygens (including phenoxy) is 4. The molecule has 2 fully saturated rings. The molecule has 0 bridgehead atoms. The maximum Gasteiger partial charge on any atom is 0.223 e. The maximum atomic E-state index is 12.9. The number of unbranched alkanes of at least 4 members (excludes halogenated alkanes) is 1. The Balaban J connectivity index is 1.88. The molecule has 0 unspecified atom stereocenters. The summed E-state index contributed by atoms with van der Waals surface area (Å²) in [7, 11) is 0. The van der Waals surface area contributed by atoms with Crippen LogP contribution in [0, 0.1) is 0 Å². The van der Waals surface area contributed by atoms with E-state index in [1.165, 1.54) is 18.0 Å². The van der Waals surface area contributed by atoms with Crippen LogP contribution in [0.5, 0.6) is 0 Å². The van der Waals surface area contributed by atoms with E-state index in [4.69, 9.17) is 18.9 Å². The molecule has 0 spiro atoms. The monoisotopic (exact) mass is 580 g/mol. The van der Waals surface area contributed by atoms with Gasteiger partial charge in [-0.2, -0.15) is 0 Å². The van der Waals surface area contributed by atoms with E-state index in [-0.39, 0.29) is 57.4 Å². The number of hydrogen-bond donors (Lipinski definition) is 8. The fourth-order valence-corrected chi connectivity index (χ4v) is 4.36. The number of aliphatic hydroxyl groups excluding tert-OH is 7. The second-order valence-corrected chi connectivity index (χ2v) is 9.83. The fraction of sp³-hybridized carbons (Fsp3) is 0.840. The summed E-state index contributed by atoms with van der Waals surface area (Å²) in [5.41, 5.74) is 0. The molecular weight excluding hydrogens is 536 g/mol. The highest BCUT2D eigenvalue weighted by molar-refractivity contribution is 5.77. The van der Waals surface area contributed by atoms with Gasteiger partial charge in [0.15, 0.2) is 12.6 Å². The summed E-state index contributed by atoms with van der Waals surface area (Å²) < 4.78 is 21.8. The molecule has 15 nitrogen and oxygen atoms in total. The van der Waals surface area contributed by atoms with Crippen LogP contribution in [0.2, 0.25) is 0 Å². The molecule has 15 heteroatoms. The second-order valence-electron chi connectivity index (χ2n) is 9.83. The molecule has 8 N–H and O–H groups in total. The maximum absolute atomic E-state index is 12.9. The Bertz CT molecular complexity index is 788. The van der Waals surface area contributed by atoms with Crippen molar-refractivity contribution in [2.75, 3.05) is 32.9 Å². The molecule has 2 aliphatic heterocycles. The molecule has 40 heavy (non-hydrogen) atoms. The van der Waals surface area contributed by atoms with Gasteiger partial charge in [-0.15, -0.1) is 0 Å². The van der Waals surface area contributed by atoms with Gasteiger partial charge in [0, 0.05) is 25.9 Å². The minimum Gasteiger partial charge on any atom is -0.394 e. The third kappa shape index (κ3) is 9.95. The van der Waals surface area contributed by atoms with Crippen molar-refractivity contribution in [3.8, 4) is 0 Å². The third-order valence-electron chi connectivity index (χ3n) is 6.81. The van der Waals surface area contributed by atoms with Gasteiger partial charge in [0.05, 0.1) is 25.9 Å². The van der Waals surface area contributed by atoms with Crippen LogP contribution in [-0.4, -0.2) is 147 Å². The van der Waals surface area contributed by atoms with Crippen LogP contribution in [0.4, 0.5) is 0 Å². The van der Waals surface area contributed by atoms with Gasteiger partial charge in [-0.3, -0.25) is 9.59 Å². The van der Waals surface area contributed by atoms with Crippen molar-refractivity contribution in [2.24, 2.45) is 0 Å². The minimum absolute atomic E-state index is 0.00109. The van der Waals surface area contributed by atoms with Crippen LogP contribution in [-0.2, 0) is 28.5 Å². The van der Waals surface area contributed by atoms with E-state index in [0.717, 1.165) is 0 Å². The molecule has 0 saturated carbocycles. The normalized spacial score (nSPS) is 34.3. The first kappa shape index (κ1) is 34.4. The van der Waals surface area contributed by atoms with E-state index in [1.807, 2.05) is 0 Å². The molecule has 2 aliphatic rings. The average Bonchev–Trinajstić information content (AvgIpc) is 2.93. The zero-order chi connectivity index (χ0) is 29.8. The highest BCUT2D eigenvalue weighted by Crippen LogP contribution is 2.23. The zero-order valence-corrected chi connectivity index (χ0v) is 22.7. The van der Waals surface area contributed by atoms with E-state index in [0.29, 0.717) is 12.8 Å². The van der Waals surface area contributed by atoms with Crippen molar-refractivity contribution in [1.82, 2.24) is 10.2 Å². The predicted octanol–water partition coefficient (Wildman–Crippen LogP) is -3.31. The lowest BCUT2D eigenvalue weighted by Gasteiger charge is -2.39. The molecule has 0 aromatic rings. The van der Waals surface area contributed by atoms with Crippen molar-refractivity contribution in [1.29, 1.82) is 0 Å². The van der Waals surface area contributed by atoms with E-state index < -0.39 is 68.0 Å². The Morgan fingerprint density at radius 2 is 1.43 bits per heavy atom. The highest BCUT2D eigenvalue weighted by Gasteiger charge is 2.44. The average molecular weight is 581 g/mol. The molecule has 2 amide bonds. The van der Waals surface area contributed by atoms with Crippen molar-refractivity contribution < 1.29 is 64.3 Å². The number of hydrogen-bond acceptors (Lipinski definition) is 13. The number of nitrogens with zero attached hydrogens (tertiary/aromatic N) is 1. The standard InChI is InChI=1S/C25H44N2O13/c1-3-26-16(29)7-4-5-8-17(30)27(10-12-38-24-22(35)20(33)18(31)14(2)39-24)9-6-11-37-25-23(36)21(34)19(32)15(13-28)40-25/h3,14-15,18-25,28,31-36H,1,4-13H2,2H3,(H,26,29)/t14-,15+,18+,19+,20+,21-,22-,23-,24+,25+/m0/s1. The summed E-state index contributed by atoms with van der Waals surface area (Å²) in [6.07, 6.45) is -10.3. The molecule has 0 radical (unpaired) electrons. The summed E-state index contributed by atoms with van der Waals surface area (Å²) in [6, 6.07) is 0. The van der Waals surface area contributed by atoms with Crippen LogP contribution in [0.25, 0.3) is 0 Å². The van der Waals surface area contributed by atoms with E-state index in [9.17, 15) is 45.3 Å². The lowest BCUT2D eigenvalue weighted by atomic mass is 9.99. The Labute approximate surface area is 232 Å². The Morgan fingerprint density at radius 3 is 2.08 bits per heavy atom. The van der Waals surface area contributed by atoms with Gasteiger partial charge in [0.2, 0.25) is 11.8 Å². The first-order valence-corrected chi connectivity index (χ1v) is 13.4. The van der Waals surface area contributed by atoms with Crippen molar-refractivity contribution in [3.63, 3.8) is 0 Å². The van der Waals surface area contributed by atoms with Crippen LogP contribution in [0.15, 0.2) is 12.8 Å². The number of amides is 2. The Kier molecular flexibility index (Phi) is 14.9. The van der Waals surface area contributed by atoms with E-state index in [2.05, 4.69) is 11.9 Å². The lowest BCUT2D eigenvalue weighted by molar-refractivity contribution is -0.301. The fourth-order valence-electron chi connectivity index (χ4n) is 4.36. The number of carbonyl (C=O) groups excluding carboxylic acids is 2. The summed E-state index contributed by atoms with van der Waals surface area (Å²) in [5, 5.41) is 71.6. The molecule has 10 atom stereocenters. The van der Waals surface area contributed by atoms with Crippen LogP contribution >= 0.6 is 0 Å². The van der Waals surface area contributed by atoms with Crippen LogP contribution in [0.1, 0.15) is 39.0 Å². The van der Waals surface area contributed by atoms with Crippen molar-refractivity contribution in [3.05, 3.63) is 12.8 Å². The smallest absolute Gasteiger partial charge is 0.223 e. The van der Waals surface area contributed by atoms with Gasteiger partial charge in [0.1, 0.15) is 42.7 Å². The number of carbonyl (C=O) groups is 2. The molecular formula is C25H44N2O13. The number of aliphatic hydroxyl groups is 7. The largest absolute Gasteiger partial charge is 0.394 e. The number of nitrogens with one attached hydrogen (secondary N) is 1. The molecule has 2 rings (SSSR count). The Morgan fingerprint density at radius 1 is 0.825 bits per heavy atom. The Hall–Kier alpha value is -1.76. The van der Waals surface area contributed by atoms with Gasteiger partial charge < -0.3 is 64.9 Å². The number of rotatable bonds is 16. The molecule has 2 saturated heterocycles. The first-order chi connectivity index (χ1) is 19.0. The molecule has 2 heterocycles. The predicted molar refractivity (Wildman–Crippen MR) is 136 cm³/mol. The third-order valence-corrected chi connectivity index (χ3v) is 6.81. The summed E-state index contributed by atoms with van der Waals surface area (Å²) in [5.74, 6) is -0.430. The first-order valence-electron chi connectivity index (χ1n) is 13.4. The SMILES string of the molecule is C=CNC(=O)CCCCC(=O)N(CCCO[C@@H]1O[C@H](CO)[C@@H](O)[C@H](O)[C@@H]1O)CCO[C@@H]1O[C@@H](C)[C@@H](O)[C@@H](O)[C@@H]1O. The van der Waals surface area contributed by atoms with Gasteiger partial charge in [0.25, 0.3) is 0 Å². The molecule has 0 aromatic heterocycles.